The number of hydrogen-bond donors (Lipinski definition) is 1. The van der Waals surface area contributed by atoms with E-state index in [0.717, 1.165) is 18.5 Å². The average molecular weight is 241 g/mol. The molecule has 3 rings (SSSR count). The van der Waals surface area contributed by atoms with Crippen molar-refractivity contribution in [1.82, 2.24) is 4.57 Å². The Labute approximate surface area is 106 Å². The second kappa shape index (κ2) is 4.02. The first-order chi connectivity index (χ1) is 8.73. The van der Waals surface area contributed by atoms with Gasteiger partial charge in [-0.3, -0.25) is 4.79 Å². The third-order valence-electron chi connectivity index (χ3n) is 3.87. The molecule has 1 heterocycles. The monoisotopic (exact) mass is 241 g/mol. The van der Waals surface area contributed by atoms with E-state index in [9.17, 15) is 9.90 Å². The number of carboxylic acid groups (broad SMARTS) is 1. The van der Waals surface area contributed by atoms with Crippen LogP contribution in [0.5, 0.6) is 0 Å². The number of carboxylic acids is 1. The van der Waals surface area contributed by atoms with Crippen LogP contribution in [0.2, 0.25) is 0 Å². The van der Waals surface area contributed by atoms with Crippen LogP contribution in [0.15, 0.2) is 54.9 Å². The lowest BCUT2D eigenvalue weighted by molar-refractivity contribution is -0.140. The Balaban J connectivity index is 1.86. The molecule has 18 heavy (non-hydrogen) atoms. The molecule has 1 saturated carbocycles. The van der Waals surface area contributed by atoms with Gasteiger partial charge in [0.15, 0.2) is 0 Å². The maximum absolute atomic E-state index is 11.6. The summed E-state index contributed by atoms with van der Waals surface area (Å²) in [6, 6.07) is 13.5. The fourth-order valence-electron chi connectivity index (χ4n) is 2.77. The van der Waals surface area contributed by atoms with Crippen molar-refractivity contribution in [2.45, 2.75) is 18.4 Å². The number of rotatable bonds is 4. The zero-order valence-electron chi connectivity index (χ0n) is 9.99. The van der Waals surface area contributed by atoms with Crippen LogP contribution in [-0.2, 0) is 16.8 Å². The molecule has 92 valence electrons. The van der Waals surface area contributed by atoms with E-state index in [1.165, 1.54) is 0 Å². The van der Waals surface area contributed by atoms with Crippen LogP contribution in [0.1, 0.15) is 12.0 Å². The Hall–Kier alpha value is -2.03. The predicted octanol–water partition coefficient (Wildman–Crippen LogP) is 2.53. The maximum atomic E-state index is 11.6. The highest BCUT2D eigenvalue weighted by molar-refractivity contribution is 5.85. The molecule has 2 atom stereocenters. The Morgan fingerprint density at radius 3 is 2.50 bits per heavy atom. The third-order valence-corrected chi connectivity index (χ3v) is 3.87. The van der Waals surface area contributed by atoms with Crippen LogP contribution >= 0.6 is 0 Å². The topological polar surface area (TPSA) is 42.2 Å². The van der Waals surface area contributed by atoms with Gasteiger partial charge in [-0.2, -0.15) is 0 Å². The quantitative estimate of drug-likeness (QED) is 0.893. The number of carbonyl (C=O) groups is 1. The molecule has 0 spiro atoms. The van der Waals surface area contributed by atoms with Crippen molar-refractivity contribution in [3.8, 4) is 0 Å². The van der Waals surface area contributed by atoms with E-state index < -0.39 is 11.4 Å². The normalized spacial score (nSPS) is 25.9. The molecule has 3 nitrogen and oxygen atoms in total. The molecule has 2 aromatic rings. The third kappa shape index (κ3) is 1.63. The Morgan fingerprint density at radius 2 is 1.89 bits per heavy atom. The number of aliphatic carboxylic acids is 1. The zero-order valence-corrected chi connectivity index (χ0v) is 9.99. The van der Waals surface area contributed by atoms with Crippen molar-refractivity contribution >= 4 is 5.97 Å². The van der Waals surface area contributed by atoms with Gasteiger partial charge in [-0.05, 0) is 30.0 Å². The molecule has 1 aromatic carbocycles. The number of benzene rings is 1. The summed E-state index contributed by atoms with van der Waals surface area (Å²) < 4.78 is 2.05. The average Bonchev–Trinajstić information content (AvgIpc) is 2.87. The van der Waals surface area contributed by atoms with Crippen LogP contribution in [0, 0.1) is 5.92 Å². The summed E-state index contributed by atoms with van der Waals surface area (Å²) in [6.45, 7) is 0.772. The molecule has 0 saturated heterocycles. The van der Waals surface area contributed by atoms with Gasteiger partial charge in [0, 0.05) is 18.9 Å². The number of nitrogens with zero attached hydrogens (tertiary/aromatic N) is 1. The van der Waals surface area contributed by atoms with Gasteiger partial charge in [-0.15, -0.1) is 0 Å². The fraction of sp³-hybridized carbons (Fsp3) is 0.267. The van der Waals surface area contributed by atoms with Crippen molar-refractivity contribution in [3.05, 3.63) is 60.4 Å². The van der Waals surface area contributed by atoms with Gasteiger partial charge in [-0.1, -0.05) is 30.3 Å². The lowest BCUT2D eigenvalue weighted by atomic mass is 9.93. The van der Waals surface area contributed by atoms with Gasteiger partial charge in [-0.25, -0.2) is 0 Å². The summed E-state index contributed by atoms with van der Waals surface area (Å²) in [5.74, 6) is -0.518. The summed E-state index contributed by atoms with van der Waals surface area (Å²) in [6.07, 6.45) is 4.69. The fourth-order valence-corrected chi connectivity index (χ4v) is 2.77. The van der Waals surface area contributed by atoms with E-state index >= 15 is 0 Å². The molecule has 0 aliphatic heterocycles. The van der Waals surface area contributed by atoms with E-state index in [-0.39, 0.29) is 5.92 Å². The zero-order chi connectivity index (χ0) is 12.6. The Kier molecular flexibility index (Phi) is 2.47. The summed E-state index contributed by atoms with van der Waals surface area (Å²) in [4.78, 5) is 11.6. The molecule has 3 heteroatoms. The highest BCUT2D eigenvalue weighted by Gasteiger charge is 2.61. The van der Waals surface area contributed by atoms with Gasteiger partial charge >= 0.3 is 5.97 Å². The van der Waals surface area contributed by atoms with E-state index in [0.29, 0.717) is 0 Å². The van der Waals surface area contributed by atoms with Gasteiger partial charge in [0.1, 0.15) is 0 Å². The number of aromatic nitrogens is 1. The summed E-state index contributed by atoms with van der Waals surface area (Å²) >= 11 is 0. The van der Waals surface area contributed by atoms with Gasteiger partial charge < -0.3 is 9.67 Å². The van der Waals surface area contributed by atoms with E-state index in [1.807, 2.05) is 54.9 Å². The highest BCUT2D eigenvalue weighted by atomic mass is 16.4. The van der Waals surface area contributed by atoms with E-state index in [1.54, 1.807) is 0 Å². The summed E-state index contributed by atoms with van der Waals surface area (Å²) in [5.41, 5.74) is 0.251. The molecule has 1 aliphatic carbocycles. The predicted molar refractivity (Wildman–Crippen MR) is 68.3 cm³/mol. The minimum absolute atomic E-state index is 0.185. The first-order valence-electron chi connectivity index (χ1n) is 6.13. The van der Waals surface area contributed by atoms with Crippen LogP contribution in [-0.4, -0.2) is 15.6 Å². The minimum Gasteiger partial charge on any atom is -0.481 e. The Bertz CT molecular complexity index is 547. The molecule has 0 radical (unpaired) electrons. The second-order valence-corrected chi connectivity index (χ2v) is 4.92. The van der Waals surface area contributed by atoms with E-state index in [2.05, 4.69) is 4.57 Å². The Morgan fingerprint density at radius 1 is 1.22 bits per heavy atom. The SMILES string of the molecule is O=C(O)[C@@]1(c2ccccc2)C[C@H]1Cn1cccc1. The molecule has 1 N–H and O–H groups in total. The molecule has 0 bridgehead atoms. The van der Waals surface area contributed by atoms with Crippen LogP contribution < -0.4 is 0 Å². The first-order valence-corrected chi connectivity index (χ1v) is 6.13. The van der Waals surface area contributed by atoms with Crippen molar-refractivity contribution in [2.24, 2.45) is 5.92 Å². The number of hydrogen-bond acceptors (Lipinski definition) is 1. The second-order valence-electron chi connectivity index (χ2n) is 4.92. The van der Waals surface area contributed by atoms with Crippen molar-refractivity contribution in [3.63, 3.8) is 0 Å². The van der Waals surface area contributed by atoms with Gasteiger partial charge in [0.25, 0.3) is 0 Å². The molecule has 0 amide bonds. The van der Waals surface area contributed by atoms with Crippen LogP contribution in [0.3, 0.4) is 0 Å². The molecule has 1 aromatic heterocycles. The van der Waals surface area contributed by atoms with Crippen LogP contribution in [0.4, 0.5) is 0 Å². The van der Waals surface area contributed by atoms with Crippen molar-refractivity contribution < 1.29 is 9.90 Å². The van der Waals surface area contributed by atoms with Crippen molar-refractivity contribution in [1.29, 1.82) is 0 Å². The van der Waals surface area contributed by atoms with E-state index in [4.69, 9.17) is 0 Å². The van der Waals surface area contributed by atoms with Crippen molar-refractivity contribution in [2.75, 3.05) is 0 Å². The lowest BCUT2D eigenvalue weighted by Crippen LogP contribution is -2.23. The molecular weight excluding hydrogens is 226 g/mol. The molecule has 0 unspecified atom stereocenters. The summed E-state index contributed by atoms with van der Waals surface area (Å²) in [7, 11) is 0. The molecule has 1 aliphatic rings. The molecule has 1 fully saturated rings. The smallest absolute Gasteiger partial charge is 0.314 e. The van der Waals surface area contributed by atoms with Gasteiger partial charge in [0.2, 0.25) is 0 Å². The minimum atomic E-state index is -0.703. The van der Waals surface area contributed by atoms with Crippen LogP contribution in [0.25, 0.3) is 0 Å². The maximum Gasteiger partial charge on any atom is 0.314 e. The largest absolute Gasteiger partial charge is 0.481 e. The highest BCUT2D eigenvalue weighted by Crippen LogP contribution is 2.55. The molecular formula is C15H15NO2. The standard InChI is InChI=1S/C15H15NO2/c17-14(18)15(12-6-2-1-3-7-12)10-13(15)11-16-8-4-5-9-16/h1-9,13H,10-11H2,(H,17,18)/t13-,15+/m0/s1. The van der Waals surface area contributed by atoms with Gasteiger partial charge in [0.05, 0.1) is 5.41 Å². The first kappa shape index (κ1) is 11.1. The lowest BCUT2D eigenvalue weighted by Gasteiger charge is -2.13. The summed E-state index contributed by atoms with van der Waals surface area (Å²) in [5, 5.41) is 9.55.